The standard InChI is InChI=1S/C33H54O9P2/c1-8-38-43(36,39-9-2)23-29(42-44(37,40-10-3)41-11-4)17-14-24(5)30-18-19-31-26(13-12-20-33(30,31)7)15-16-27-21-28(34)22-32(35)25(27)6/h14-17,23-24,28,30-32,34-35H,6,8-13,18-22H2,1-5,7H3/b17-14+,26-15+,27-16-,29-23-/t24-,28-,30-,31+,32+,33-/m1/s1. The van der Waals surface area contributed by atoms with Crippen molar-refractivity contribution in [1.29, 1.82) is 0 Å². The van der Waals surface area contributed by atoms with Gasteiger partial charge in [-0.1, -0.05) is 44.2 Å². The molecule has 0 aromatic heterocycles. The zero-order valence-corrected chi connectivity index (χ0v) is 29.2. The topological polar surface area (TPSA) is 121 Å². The maximum atomic E-state index is 13.4. The average Bonchev–Trinajstić information content (AvgIpc) is 3.30. The van der Waals surface area contributed by atoms with Crippen molar-refractivity contribution >= 4 is 15.4 Å². The first-order valence-electron chi connectivity index (χ1n) is 16.2. The summed E-state index contributed by atoms with van der Waals surface area (Å²) in [5, 5.41) is 20.4. The molecule has 6 atom stereocenters. The van der Waals surface area contributed by atoms with Crippen molar-refractivity contribution in [2.24, 2.45) is 23.2 Å². The van der Waals surface area contributed by atoms with Gasteiger partial charge < -0.3 is 23.8 Å². The number of rotatable bonds is 15. The van der Waals surface area contributed by atoms with Crippen LogP contribution in [0.3, 0.4) is 0 Å². The number of hydrogen-bond acceptors (Lipinski definition) is 9. The lowest BCUT2D eigenvalue weighted by Gasteiger charge is -2.44. The number of fused-ring (bicyclic) bond motifs is 1. The Bertz CT molecular complexity index is 1190. The minimum Gasteiger partial charge on any atom is -0.404 e. The van der Waals surface area contributed by atoms with Crippen molar-refractivity contribution in [2.45, 2.75) is 98.7 Å². The molecule has 0 aromatic carbocycles. The molecule has 0 saturated heterocycles. The molecule has 250 valence electrons. The Labute approximate surface area is 264 Å². The second kappa shape index (κ2) is 16.5. The van der Waals surface area contributed by atoms with E-state index in [-0.39, 0.29) is 43.5 Å². The van der Waals surface area contributed by atoms with E-state index >= 15 is 0 Å². The third-order valence-electron chi connectivity index (χ3n) is 9.20. The minimum atomic E-state index is -3.96. The molecule has 44 heavy (non-hydrogen) atoms. The largest absolute Gasteiger partial charge is 0.530 e. The molecule has 3 rings (SSSR count). The number of aliphatic hydroxyl groups is 2. The van der Waals surface area contributed by atoms with Crippen LogP contribution in [0.4, 0.5) is 0 Å². The molecule has 0 unspecified atom stereocenters. The van der Waals surface area contributed by atoms with Crippen LogP contribution < -0.4 is 0 Å². The van der Waals surface area contributed by atoms with Crippen LogP contribution in [0.15, 0.2) is 59.2 Å². The molecule has 2 N–H and O–H groups in total. The van der Waals surface area contributed by atoms with Gasteiger partial charge in [-0.25, -0.2) is 4.57 Å². The molecule has 0 radical (unpaired) electrons. The second-order valence-electron chi connectivity index (χ2n) is 12.2. The van der Waals surface area contributed by atoms with Gasteiger partial charge in [-0.05, 0) is 107 Å². The molecule has 11 heteroatoms. The highest BCUT2D eigenvalue weighted by molar-refractivity contribution is 7.57. The summed E-state index contributed by atoms with van der Waals surface area (Å²) in [5.41, 5.74) is 3.13. The molecule has 3 saturated carbocycles. The van der Waals surface area contributed by atoms with E-state index < -0.39 is 27.6 Å². The maximum Gasteiger partial charge on any atom is 0.530 e. The van der Waals surface area contributed by atoms with E-state index in [1.165, 1.54) is 11.4 Å². The van der Waals surface area contributed by atoms with Crippen molar-refractivity contribution < 1.29 is 42.0 Å². The van der Waals surface area contributed by atoms with Crippen molar-refractivity contribution in [3.63, 3.8) is 0 Å². The summed E-state index contributed by atoms with van der Waals surface area (Å²) in [6, 6.07) is 0. The van der Waals surface area contributed by atoms with Crippen molar-refractivity contribution in [3.8, 4) is 0 Å². The molecular weight excluding hydrogens is 602 g/mol. The van der Waals surface area contributed by atoms with E-state index in [4.69, 9.17) is 22.6 Å². The van der Waals surface area contributed by atoms with E-state index in [2.05, 4.69) is 32.6 Å². The molecule has 0 aliphatic heterocycles. The number of phosphoric ester groups is 1. The highest BCUT2D eigenvalue weighted by atomic mass is 31.2. The molecule has 3 aliphatic rings. The molecule has 3 fully saturated rings. The summed E-state index contributed by atoms with van der Waals surface area (Å²) >= 11 is 0. The Balaban J connectivity index is 1.87. The maximum absolute atomic E-state index is 13.4. The van der Waals surface area contributed by atoms with Crippen molar-refractivity contribution in [3.05, 3.63) is 59.2 Å². The highest BCUT2D eigenvalue weighted by Crippen LogP contribution is 2.60. The van der Waals surface area contributed by atoms with Gasteiger partial charge in [-0.2, -0.15) is 0 Å². The summed E-state index contributed by atoms with van der Waals surface area (Å²) in [6.07, 6.45) is 13.0. The van der Waals surface area contributed by atoms with E-state index in [1.54, 1.807) is 33.8 Å². The molecule has 3 aliphatic carbocycles. The second-order valence-corrected chi connectivity index (χ2v) is 15.6. The first kappa shape index (κ1) is 37.2. The third kappa shape index (κ3) is 9.39. The van der Waals surface area contributed by atoms with Crippen molar-refractivity contribution in [1.82, 2.24) is 0 Å². The van der Waals surface area contributed by atoms with Crippen LogP contribution in [0.25, 0.3) is 0 Å². The average molecular weight is 657 g/mol. The van der Waals surface area contributed by atoms with Crippen LogP contribution in [-0.2, 0) is 31.7 Å². The Morgan fingerprint density at radius 1 is 1.02 bits per heavy atom. The summed E-state index contributed by atoms with van der Waals surface area (Å²) in [7, 11) is -7.65. The fraction of sp³-hybridized carbons (Fsp3) is 0.697. The predicted octanol–water partition coefficient (Wildman–Crippen LogP) is 8.62. The number of allylic oxidation sites excluding steroid dienone is 5. The Kier molecular flexibility index (Phi) is 14.0. The smallest absolute Gasteiger partial charge is 0.404 e. The number of phosphoric acid groups is 1. The Morgan fingerprint density at radius 3 is 2.27 bits per heavy atom. The summed E-state index contributed by atoms with van der Waals surface area (Å²) in [4.78, 5) is 0. The van der Waals surface area contributed by atoms with E-state index in [1.807, 2.05) is 6.08 Å². The molecule has 0 aromatic rings. The highest BCUT2D eigenvalue weighted by Gasteiger charge is 2.50. The van der Waals surface area contributed by atoms with Gasteiger partial charge in [0.1, 0.15) is 5.76 Å². The first-order chi connectivity index (χ1) is 20.8. The zero-order valence-electron chi connectivity index (χ0n) is 27.4. The summed E-state index contributed by atoms with van der Waals surface area (Å²) in [5.74, 6) is 2.26. The fourth-order valence-electron chi connectivity index (χ4n) is 7.25. The number of hydrogen-bond donors (Lipinski definition) is 2. The Morgan fingerprint density at radius 2 is 1.66 bits per heavy atom. The molecule has 9 nitrogen and oxygen atoms in total. The quantitative estimate of drug-likeness (QED) is 0.101. The van der Waals surface area contributed by atoms with Gasteiger partial charge in [0.15, 0.2) is 0 Å². The van der Waals surface area contributed by atoms with Gasteiger partial charge in [-0.15, -0.1) is 0 Å². The lowest BCUT2D eigenvalue weighted by Crippen LogP contribution is -2.35. The lowest BCUT2D eigenvalue weighted by atomic mass is 9.61. The monoisotopic (exact) mass is 656 g/mol. The van der Waals surface area contributed by atoms with E-state index in [9.17, 15) is 19.3 Å². The molecule has 0 amide bonds. The SMILES string of the molecule is C=C1/C(=C\C=C2/CCC[C@]3(C)[C@@H]([C@H](C)/C=C/C(=C/P(=O)(OCC)OCC)OP(=O)(OCC)OCC)CC[C@@H]23)C[C@@H](O)C[C@@H]1O. The predicted molar refractivity (Wildman–Crippen MR) is 174 cm³/mol. The summed E-state index contributed by atoms with van der Waals surface area (Å²) < 4.78 is 54.0. The van der Waals surface area contributed by atoms with Crippen LogP contribution >= 0.6 is 15.4 Å². The fourth-order valence-corrected chi connectivity index (χ4v) is 9.91. The summed E-state index contributed by atoms with van der Waals surface area (Å²) in [6.45, 7) is 16.0. The van der Waals surface area contributed by atoms with Gasteiger partial charge in [0.2, 0.25) is 0 Å². The molecule has 0 spiro atoms. The normalized spacial score (nSPS) is 31.2. The minimum absolute atomic E-state index is 0.0555. The molecule has 0 bridgehead atoms. The van der Waals surface area contributed by atoms with Crippen LogP contribution in [0.1, 0.15) is 86.5 Å². The molecular formula is C33H54O9P2. The van der Waals surface area contributed by atoms with Crippen LogP contribution in [0, 0.1) is 23.2 Å². The molecule has 0 heterocycles. The Hall–Kier alpha value is -1.28. The van der Waals surface area contributed by atoms with Gasteiger partial charge in [-0.3, -0.25) is 13.6 Å². The zero-order chi connectivity index (χ0) is 32.5. The van der Waals surface area contributed by atoms with Crippen LogP contribution in [-0.4, -0.2) is 48.8 Å². The van der Waals surface area contributed by atoms with Crippen molar-refractivity contribution in [2.75, 3.05) is 26.4 Å². The van der Waals surface area contributed by atoms with Gasteiger partial charge >= 0.3 is 15.4 Å². The van der Waals surface area contributed by atoms with E-state index in [0.717, 1.165) is 37.7 Å². The van der Waals surface area contributed by atoms with Gasteiger partial charge in [0, 0.05) is 6.42 Å². The first-order valence-corrected chi connectivity index (χ1v) is 19.2. The third-order valence-corrected chi connectivity index (χ3v) is 12.6. The van der Waals surface area contributed by atoms with Crippen LogP contribution in [0.2, 0.25) is 0 Å². The van der Waals surface area contributed by atoms with Gasteiger partial charge in [0.05, 0.1) is 44.5 Å². The van der Waals surface area contributed by atoms with E-state index in [0.29, 0.717) is 30.3 Å². The van der Waals surface area contributed by atoms with Crippen LogP contribution in [0.5, 0.6) is 0 Å². The number of aliphatic hydroxyl groups excluding tert-OH is 2. The van der Waals surface area contributed by atoms with Gasteiger partial charge in [0.25, 0.3) is 0 Å². The lowest BCUT2D eigenvalue weighted by molar-refractivity contribution is 0.0862.